The second-order valence-corrected chi connectivity index (χ2v) is 5.33. The maximum Gasteiger partial charge on any atom is 0.326 e. The van der Waals surface area contributed by atoms with E-state index in [1.807, 2.05) is 6.92 Å². The summed E-state index contributed by atoms with van der Waals surface area (Å²) in [7, 11) is 0. The van der Waals surface area contributed by atoms with Gasteiger partial charge >= 0.3 is 12.0 Å². The first-order chi connectivity index (χ1) is 8.59. The number of carboxylic acid groups (broad SMARTS) is 1. The molecule has 0 aromatic carbocycles. The highest BCUT2D eigenvalue weighted by Crippen LogP contribution is 2.10. The van der Waals surface area contributed by atoms with Gasteiger partial charge in [0.25, 0.3) is 0 Å². The number of primary amides is 1. The molecule has 5 N–H and O–H groups in total. The van der Waals surface area contributed by atoms with E-state index in [0.29, 0.717) is 6.42 Å². The van der Waals surface area contributed by atoms with Crippen LogP contribution in [0.2, 0.25) is 0 Å². The van der Waals surface area contributed by atoms with Crippen LogP contribution in [0.5, 0.6) is 0 Å². The lowest BCUT2D eigenvalue weighted by atomic mass is 9.99. The molecular formula is C12H23N3O4. The van der Waals surface area contributed by atoms with Gasteiger partial charge in [-0.1, -0.05) is 20.3 Å². The fraction of sp³-hybridized carbons (Fsp3) is 0.750. The summed E-state index contributed by atoms with van der Waals surface area (Å²) < 4.78 is 0. The average molecular weight is 273 g/mol. The minimum absolute atomic E-state index is 0.0263. The lowest BCUT2D eigenvalue weighted by molar-refractivity contribution is -0.140. The molecule has 1 unspecified atom stereocenters. The predicted octanol–water partition coefficient (Wildman–Crippen LogP) is 0.439. The monoisotopic (exact) mass is 273 g/mol. The second kappa shape index (κ2) is 6.96. The van der Waals surface area contributed by atoms with E-state index in [1.165, 1.54) is 0 Å². The summed E-state index contributed by atoms with van der Waals surface area (Å²) in [4.78, 5) is 33.6. The molecule has 0 aromatic heterocycles. The molecule has 2 atom stereocenters. The van der Waals surface area contributed by atoms with Crippen LogP contribution in [0.25, 0.3) is 0 Å². The molecule has 0 saturated carbocycles. The van der Waals surface area contributed by atoms with E-state index >= 15 is 0 Å². The Hall–Kier alpha value is -1.79. The summed E-state index contributed by atoms with van der Waals surface area (Å²) in [6.07, 6.45) is 0.601. The fourth-order valence-electron chi connectivity index (χ4n) is 1.65. The number of carbonyl (C=O) groups is 3. The lowest BCUT2D eigenvalue weighted by Gasteiger charge is -2.27. The zero-order valence-electron chi connectivity index (χ0n) is 11.8. The van der Waals surface area contributed by atoms with Crippen LogP contribution in [-0.4, -0.2) is 34.6 Å². The summed E-state index contributed by atoms with van der Waals surface area (Å²) in [6, 6.07) is -1.59. The van der Waals surface area contributed by atoms with Crippen molar-refractivity contribution >= 4 is 17.9 Å². The van der Waals surface area contributed by atoms with Crippen molar-refractivity contribution in [3.8, 4) is 0 Å². The van der Waals surface area contributed by atoms with Gasteiger partial charge in [0, 0.05) is 12.0 Å². The SMILES string of the molecule is CCC(C)[C@H](NC(=O)NC(C)(C)CC(N)=O)C(=O)O. The number of amides is 3. The first-order valence-electron chi connectivity index (χ1n) is 6.19. The van der Waals surface area contributed by atoms with Crippen LogP contribution in [0.1, 0.15) is 40.5 Å². The Balaban J connectivity index is 4.58. The first kappa shape index (κ1) is 17.2. The molecule has 0 saturated heterocycles. The van der Waals surface area contributed by atoms with Crippen molar-refractivity contribution in [3.05, 3.63) is 0 Å². The van der Waals surface area contributed by atoms with Crippen LogP contribution in [0.15, 0.2) is 0 Å². The van der Waals surface area contributed by atoms with Gasteiger partial charge in [-0.05, 0) is 19.8 Å². The molecule has 0 heterocycles. The van der Waals surface area contributed by atoms with Crippen molar-refractivity contribution in [2.45, 2.75) is 52.1 Å². The van der Waals surface area contributed by atoms with Crippen molar-refractivity contribution in [3.63, 3.8) is 0 Å². The van der Waals surface area contributed by atoms with Crippen LogP contribution in [0, 0.1) is 5.92 Å². The number of hydrogen-bond acceptors (Lipinski definition) is 3. The minimum Gasteiger partial charge on any atom is -0.480 e. The predicted molar refractivity (Wildman–Crippen MR) is 70.4 cm³/mol. The van der Waals surface area contributed by atoms with E-state index in [9.17, 15) is 14.4 Å². The van der Waals surface area contributed by atoms with Gasteiger partial charge in [0.2, 0.25) is 5.91 Å². The van der Waals surface area contributed by atoms with E-state index in [1.54, 1.807) is 20.8 Å². The molecule has 0 aliphatic heterocycles. The fourth-order valence-corrected chi connectivity index (χ4v) is 1.65. The van der Waals surface area contributed by atoms with Gasteiger partial charge in [-0.25, -0.2) is 9.59 Å². The minimum atomic E-state index is -1.09. The second-order valence-electron chi connectivity index (χ2n) is 5.33. The standard InChI is InChI=1S/C12H23N3O4/c1-5-7(2)9(10(17)18)14-11(19)15-12(3,4)6-8(13)16/h7,9H,5-6H2,1-4H3,(H2,13,16)(H,17,18)(H2,14,15,19)/t7?,9-/m0/s1. The number of hydrogen-bond donors (Lipinski definition) is 4. The van der Waals surface area contributed by atoms with Gasteiger partial charge in [0.15, 0.2) is 0 Å². The highest BCUT2D eigenvalue weighted by atomic mass is 16.4. The molecule has 110 valence electrons. The van der Waals surface area contributed by atoms with E-state index in [0.717, 1.165) is 0 Å². The Bertz CT molecular complexity index is 355. The van der Waals surface area contributed by atoms with Crippen molar-refractivity contribution in [1.82, 2.24) is 10.6 Å². The molecular weight excluding hydrogens is 250 g/mol. The van der Waals surface area contributed by atoms with Crippen molar-refractivity contribution < 1.29 is 19.5 Å². The largest absolute Gasteiger partial charge is 0.480 e. The molecule has 0 aromatic rings. The summed E-state index contributed by atoms with van der Waals surface area (Å²) in [5.41, 5.74) is 4.24. The molecule has 0 rings (SSSR count). The van der Waals surface area contributed by atoms with Gasteiger partial charge in [-0.3, -0.25) is 4.79 Å². The molecule has 7 heteroatoms. The Kier molecular flexibility index (Phi) is 6.31. The third-order valence-electron chi connectivity index (χ3n) is 2.83. The van der Waals surface area contributed by atoms with Crippen molar-refractivity contribution in [2.75, 3.05) is 0 Å². The van der Waals surface area contributed by atoms with Crippen molar-refractivity contribution in [1.29, 1.82) is 0 Å². The zero-order valence-corrected chi connectivity index (χ0v) is 11.8. The third-order valence-corrected chi connectivity index (χ3v) is 2.83. The molecule has 0 spiro atoms. The highest BCUT2D eigenvalue weighted by Gasteiger charge is 2.28. The van der Waals surface area contributed by atoms with Gasteiger partial charge < -0.3 is 21.5 Å². The third kappa shape index (κ3) is 6.64. The van der Waals surface area contributed by atoms with E-state index in [-0.39, 0.29) is 12.3 Å². The number of urea groups is 1. The molecule has 0 aliphatic rings. The van der Waals surface area contributed by atoms with Crippen LogP contribution in [-0.2, 0) is 9.59 Å². The molecule has 0 bridgehead atoms. The number of carbonyl (C=O) groups excluding carboxylic acids is 2. The topological polar surface area (TPSA) is 122 Å². The number of carboxylic acids is 1. The van der Waals surface area contributed by atoms with E-state index in [2.05, 4.69) is 10.6 Å². The summed E-state index contributed by atoms with van der Waals surface area (Å²) in [6.45, 7) is 6.86. The van der Waals surface area contributed by atoms with Crippen LogP contribution < -0.4 is 16.4 Å². The number of nitrogens with two attached hydrogens (primary N) is 1. The smallest absolute Gasteiger partial charge is 0.326 e. The Morgan fingerprint density at radius 3 is 2.21 bits per heavy atom. The highest BCUT2D eigenvalue weighted by molar-refractivity contribution is 5.83. The molecule has 0 radical (unpaired) electrons. The first-order valence-corrected chi connectivity index (χ1v) is 6.19. The van der Waals surface area contributed by atoms with Crippen LogP contribution in [0.4, 0.5) is 4.79 Å². The number of aliphatic carboxylic acids is 1. The quantitative estimate of drug-likeness (QED) is 0.537. The van der Waals surface area contributed by atoms with Crippen LogP contribution in [0.3, 0.4) is 0 Å². The van der Waals surface area contributed by atoms with Crippen molar-refractivity contribution in [2.24, 2.45) is 11.7 Å². The zero-order chi connectivity index (χ0) is 15.2. The van der Waals surface area contributed by atoms with Gasteiger partial charge in [-0.15, -0.1) is 0 Å². The number of rotatable bonds is 7. The van der Waals surface area contributed by atoms with Gasteiger partial charge in [-0.2, -0.15) is 0 Å². The molecule has 7 nitrogen and oxygen atoms in total. The lowest BCUT2D eigenvalue weighted by Crippen LogP contribution is -2.55. The maximum absolute atomic E-state index is 11.7. The Morgan fingerprint density at radius 1 is 1.32 bits per heavy atom. The molecule has 3 amide bonds. The van der Waals surface area contributed by atoms with E-state index in [4.69, 9.17) is 10.8 Å². The van der Waals surface area contributed by atoms with Crippen LogP contribution >= 0.6 is 0 Å². The Labute approximate surface area is 112 Å². The maximum atomic E-state index is 11.7. The Morgan fingerprint density at radius 2 is 1.84 bits per heavy atom. The average Bonchev–Trinajstić information content (AvgIpc) is 2.21. The summed E-state index contributed by atoms with van der Waals surface area (Å²) >= 11 is 0. The molecule has 0 fully saturated rings. The normalized spacial score (nSPS) is 14.3. The summed E-state index contributed by atoms with van der Waals surface area (Å²) in [5.74, 6) is -1.82. The van der Waals surface area contributed by atoms with Gasteiger partial charge in [0.05, 0.1) is 0 Å². The summed E-state index contributed by atoms with van der Waals surface area (Å²) in [5, 5.41) is 14.0. The van der Waals surface area contributed by atoms with E-state index < -0.39 is 29.5 Å². The van der Waals surface area contributed by atoms with Gasteiger partial charge in [0.1, 0.15) is 6.04 Å². The molecule has 19 heavy (non-hydrogen) atoms. The number of nitrogens with one attached hydrogen (secondary N) is 2. The molecule has 0 aliphatic carbocycles.